The number of hydrogen-bond acceptors (Lipinski definition) is 6. The van der Waals surface area contributed by atoms with Crippen LogP contribution >= 0.6 is 11.7 Å². The molecule has 0 spiro atoms. The van der Waals surface area contributed by atoms with Gasteiger partial charge in [-0.1, -0.05) is 24.3 Å². The van der Waals surface area contributed by atoms with E-state index in [2.05, 4.69) is 49.1 Å². The Labute approximate surface area is 159 Å². The first-order valence-corrected chi connectivity index (χ1v) is 9.40. The lowest BCUT2D eigenvalue weighted by Gasteiger charge is -2.16. The number of para-hydroxylation sites is 1. The van der Waals surface area contributed by atoms with Crippen molar-refractivity contribution < 1.29 is 4.42 Å². The number of aromatic nitrogens is 4. The Balaban J connectivity index is 1.37. The Morgan fingerprint density at radius 2 is 1.93 bits per heavy atom. The lowest BCUT2D eigenvalue weighted by molar-refractivity contribution is 0.319. The molecule has 0 aliphatic rings. The normalized spacial score (nSPS) is 11.8. The summed E-state index contributed by atoms with van der Waals surface area (Å²) >= 11 is 1.25. The highest BCUT2D eigenvalue weighted by Crippen LogP contribution is 2.29. The number of nitrogens with one attached hydrogen (secondary N) is 1. The first-order chi connectivity index (χ1) is 13.3. The molecule has 3 aromatic heterocycles. The number of H-pyrrole nitrogens is 1. The molecule has 0 atom stereocenters. The van der Waals surface area contributed by atoms with Crippen LogP contribution in [-0.2, 0) is 13.1 Å². The quantitative estimate of drug-likeness (QED) is 0.491. The van der Waals surface area contributed by atoms with Crippen LogP contribution in [0.3, 0.4) is 0 Å². The summed E-state index contributed by atoms with van der Waals surface area (Å²) in [6.07, 6.45) is 1.87. The number of nitrogens with zero attached hydrogens (tertiary/aromatic N) is 4. The Bertz CT molecular complexity index is 1190. The van der Waals surface area contributed by atoms with E-state index in [0.717, 1.165) is 52.1 Å². The molecule has 6 nitrogen and oxygen atoms in total. The van der Waals surface area contributed by atoms with Gasteiger partial charge in [0.15, 0.2) is 5.76 Å². The molecule has 3 heterocycles. The molecule has 0 amide bonds. The highest BCUT2D eigenvalue weighted by molar-refractivity contribution is 7.00. The highest BCUT2D eigenvalue weighted by Gasteiger charge is 2.14. The van der Waals surface area contributed by atoms with Crippen LogP contribution in [0.25, 0.3) is 33.5 Å². The Morgan fingerprint density at radius 3 is 2.85 bits per heavy atom. The predicted molar refractivity (Wildman–Crippen MR) is 106 cm³/mol. The van der Waals surface area contributed by atoms with Crippen LogP contribution in [0.1, 0.15) is 11.1 Å². The van der Waals surface area contributed by atoms with Crippen molar-refractivity contribution in [3.63, 3.8) is 0 Å². The number of hydrogen-bond donors (Lipinski definition) is 1. The predicted octanol–water partition coefficient (Wildman–Crippen LogP) is 4.46. The highest BCUT2D eigenvalue weighted by atomic mass is 32.1. The van der Waals surface area contributed by atoms with Crippen molar-refractivity contribution in [1.29, 1.82) is 0 Å². The van der Waals surface area contributed by atoms with E-state index >= 15 is 0 Å². The fraction of sp³-hybridized carbons (Fsp3) is 0.150. The third-order valence-electron chi connectivity index (χ3n) is 4.60. The molecule has 1 N–H and O–H groups in total. The van der Waals surface area contributed by atoms with E-state index < -0.39 is 0 Å². The van der Waals surface area contributed by atoms with Gasteiger partial charge < -0.3 is 4.42 Å². The zero-order valence-electron chi connectivity index (χ0n) is 14.7. The van der Waals surface area contributed by atoms with E-state index in [1.54, 1.807) is 0 Å². The first kappa shape index (κ1) is 16.2. The maximum atomic E-state index is 5.99. The monoisotopic (exact) mass is 375 g/mol. The second-order valence-electron chi connectivity index (χ2n) is 6.68. The van der Waals surface area contributed by atoms with Gasteiger partial charge in [0.25, 0.3) is 0 Å². The second kappa shape index (κ2) is 6.61. The molecular weight excluding hydrogens is 358 g/mol. The summed E-state index contributed by atoms with van der Waals surface area (Å²) < 4.78 is 14.6. The van der Waals surface area contributed by atoms with Crippen molar-refractivity contribution >= 4 is 33.7 Å². The smallest absolute Gasteiger partial charge is 0.153 e. The van der Waals surface area contributed by atoms with Crippen LogP contribution in [0, 0.1) is 0 Å². The van der Waals surface area contributed by atoms with Gasteiger partial charge in [0.1, 0.15) is 22.3 Å². The Kier molecular flexibility index (Phi) is 3.95. The zero-order chi connectivity index (χ0) is 18.2. The maximum Gasteiger partial charge on any atom is 0.153 e. The average molecular weight is 375 g/mol. The van der Waals surface area contributed by atoms with E-state index in [4.69, 9.17) is 4.42 Å². The third kappa shape index (κ3) is 3.11. The van der Waals surface area contributed by atoms with E-state index in [1.165, 1.54) is 17.3 Å². The minimum Gasteiger partial charge on any atom is -0.454 e. The van der Waals surface area contributed by atoms with Gasteiger partial charge in [0.05, 0.1) is 17.9 Å². The molecule has 0 fully saturated rings. The molecule has 0 unspecified atom stereocenters. The first-order valence-electron chi connectivity index (χ1n) is 8.67. The summed E-state index contributed by atoms with van der Waals surface area (Å²) in [7, 11) is 2.10. The van der Waals surface area contributed by atoms with Crippen LogP contribution < -0.4 is 0 Å². The fourth-order valence-electron chi connectivity index (χ4n) is 3.33. The van der Waals surface area contributed by atoms with E-state index in [1.807, 2.05) is 36.5 Å². The molecule has 27 heavy (non-hydrogen) atoms. The van der Waals surface area contributed by atoms with Gasteiger partial charge in [-0.2, -0.15) is 13.8 Å². The number of aromatic amines is 1. The molecule has 0 saturated heterocycles. The van der Waals surface area contributed by atoms with Crippen molar-refractivity contribution in [2.45, 2.75) is 13.1 Å². The molecule has 7 heteroatoms. The van der Waals surface area contributed by atoms with Gasteiger partial charge in [-0.05, 0) is 36.9 Å². The van der Waals surface area contributed by atoms with Crippen LogP contribution in [0.15, 0.2) is 59.1 Å². The van der Waals surface area contributed by atoms with Gasteiger partial charge in [-0.3, -0.25) is 10.00 Å². The summed E-state index contributed by atoms with van der Waals surface area (Å²) in [6, 6.07) is 16.3. The van der Waals surface area contributed by atoms with Gasteiger partial charge in [-0.25, -0.2) is 0 Å². The Morgan fingerprint density at radius 1 is 1.04 bits per heavy atom. The van der Waals surface area contributed by atoms with Gasteiger partial charge in [0.2, 0.25) is 0 Å². The standard InChI is InChI=1S/C20H17N5OS/c1-25(11-13-6-7-16-17(8-13)24-27-23-16)12-15-10-21-22-20(15)19-9-14-4-2-3-5-18(14)26-19/h2-10H,11-12H2,1H3,(H,21,22). The molecule has 2 aromatic carbocycles. The average Bonchev–Trinajstić information content (AvgIpc) is 3.39. The second-order valence-corrected chi connectivity index (χ2v) is 7.21. The van der Waals surface area contributed by atoms with Crippen LogP contribution in [0.5, 0.6) is 0 Å². The summed E-state index contributed by atoms with van der Waals surface area (Å²) in [5.41, 5.74) is 6.04. The number of rotatable bonds is 5. The van der Waals surface area contributed by atoms with Crippen molar-refractivity contribution in [2.75, 3.05) is 7.05 Å². The van der Waals surface area contributed by atoms with Gasteiger partial charge in [0, 0.05) is 24.0 Å². The van der Waals surface area contributed by atoms with Crippen molar-refractivity contribution in [1.82, 2.24) is 23.8 Å². The fourth-order valence-corrected chi connectivity index (χ4v) is 3.85. The summed E-state index contributed by atoms with van der Waals surface area (Å²) in [6.45, 7) is 1.58. The largest absolute Gasteiger partial charge is 0.454 e. The van der Waals surface area contributed by atoms with E-state index in [-0.39, 0.29) is 0 Å². The summed E-state index contributed by atoms with van der Waals surface area (Å²) in [4.78, 5) is 2.25. The van der Waals surface area contributed by atoms with E-state index in [9.17, 15) is 0 Å². The van der Waals surface area contributed by atoms with Crippen molar-refractivity contribution in [3.8, 4) is 11.5 Å². The van der Waals surface area contributed by atoms with Crippen LogP contribution in [0.2, 0.25) is 0 Å². The molecule has 0 radical (unpaired) electrons. The number of fused-ring (bicyclic) bond motifs is 2. The molecule has 0 aliphatic heterocycles. The van der Waals surface area contributed by atoms with Gasteiger partial charge in [-0.15, -0.1) is 0 Å². The summed E-state index contributed by atoms with van der Waals surface area (Å²) in [5.74, 6) is 0.812. The van der Waals surface area contributed by atoms with Crippen LogP contribution in [-0.4, -0.2) is 30.9 Å². The lowest BCUT2D eigenvalue weighted by Crippen LogP contribution is -2.17. The zero-order valence-corrected chi connectivity index (χ0v) is 15.5. The molecule has 0 saturated carbocycles. The minimum absolute atomic E-state index is 0.760. The molecule has 0 aliphatic carbocycles. The van der Waals surface area contributed by atoms with Crippen molar-refractivity contribution in [3.05, 3.63) is 65.9 Å². The maximum absolute atomic E-state index is 5.99. The summed E-state index contributed by atoms with van der Waals surface area (Å²) in [5, 5.41) is 8.41. The number of furan rings is 1. The molecule has 5 rings (SSSR count). The molecule has 134 valence electrons. The SMILES string of the molecule is CN(Cc1ccc2nsnc2c1)Cc1cn[nH]c1-c1cc2ccccc2o1. The molecule has 0 bridgehead atoms. The Hall–Kier alpha value is -3.03. The van der Waals surface area contributed by atoms with Crippen LogP contribution in [0.4, 0.5) is 0 Å². The van der Waals surface area contributed by atoms with Crippen molar-refractivity contribution in [2.24, 2.45) is 0 Å². The number of benzene rings is 2. The lowest BCUT2D eigenvalue weighted by atomic mass is 10.1. The van der Waals surface area contributed by atoms with Gasteiger partial charge >= 0.3 is 0 Å². The molecular formula is C20H17N5OS. The topological polar surface area (TPSA) is 70.8 Å². The molecule has 5 aromatic rings. The third-order valence-corrected chi connectivity index (χ3v) is 5.16. The minimum atomic E-state index is 0.760. The van der Waals surface area contributed by atoms with E-state index in [0.29, 0.717) is 0 Å².